The average molecular weight is 254 g/mol. The van der Waals surface area contributed by atoms with Gasteiger partial charge in [0, 0.05) is 6.04 Å². The Labute approximate surface area is 108 Å². The Hall–Kier alpha value is -0.730. The van der Waals surface area contributed by atoms with Crippen LogP contribution in [0.5, 0.6) is 5.75 Å². The van der Waals surface area contributed by atoms with Crippen LogP contribution < -0.4 is 10.1 Å². The first-order valence-corrected chi connectivity index (χ1v) is 6.73. The molecule has 17 heavy (non-hydrogen) atoms. The highest BCUT2D eigenvalue weighted by atomic mass is 35.5. The predicted octanol–water partition coefficient (Wildman–Crippen LogP) is 3.56. The summed E-state index contributed by atoms with van der Waals surface area (Å²) in [6.45, 7) is 5.34. The summed E-state index contributed by atoms with van der Waals surface area (Å²) in [5.41, 5.74) is 1.18. The third-order valence-electron chi connectivity index (χ3n) is 3.16. The fourth-order valence-corrected chi connectivity index (χ4v) is 2.22. The maximum Gasteiger partial charge on any atom is 0.138 e. The number of hydrogen-bond donors (Lipinski definition) is 1. The van der Waals surface area contributed by atoms with Crippen molar-refractivity contribution in [2.24, 2.45) is 0 Å². The van der Waals surface area contributed by atoms with E-state index in [0.717, 1.165) is 25.1 Å². The Kier molecular flexibility index (Phi) is 4.30. The largest absolute Gasteiger partial charge is 0.489 e. The molecular weight excluding hydrogens is 234 g/mol. The summed E-state index contributed by atoms with van der Waals surface area (Å²) >= 11 is 6.10. The van der Waals surface area contributed by atoms with E-state index < -0.39 is 0 Å². The van der Waals surface area contributed by atoms with Crippen LogP contribution in [0, 0.1) is 6.92 Å². The molecule has 1 aromatic carbocycles. The van der Waals surface area contributed by atoms with E-state index in [1.54, 1.807) is 0 Å². The van der Waals surface area contributed by atoms with Crippen LogP contribution >= 0.6 is 11.6 Å². The number of benzene rings is 1. The van der Waals surface area contributed by atoms with Gasteiger partial charge in [-0.3, -0.25) is 0 Å². The molecule has 1 aliphatic rings. The standard InChI is InChI=1S/C14H20ClNO/c1-3-6-16-11-8-12(9-11)17-14-7-10(2)4-5-13(14)15/h4-5,7,11-12,16H,3,6,8-9H2,1-2H3. The van der Waals surface area contributed by atoms with E-state index in [2.05, 4.69) is 19.2 Å². The lowest BCUT2D eigenvalue weighted by Crippen LogP contribution is -2.47. The summed E-state index contributed by atoms with van der Waals surface area (Å²) in [4.78, 5) is 0. The van der Waals surface area contributed by atoms with E-state index in [4.69, 9.17) is 16.3 Å². The Bertz CT molecular complexity index is 374. The molecule has 0 amide bonds. The molecule has 0 spiro atoms. The summed E-state index contributed by atoms with van der Waals surface area (Å²) in [6.07, 6.45) is 3.68. The predicted molar refractivity (Wildman–Crippen MR) is 71.9 cm³/mol. The molecule has 3 heteroatoms. The highest BCUT2D eigenvalue weighted by Gasteiger charge is 2.30. The molecule has 0 bridgehead atoms. The summed E-state index contributed by atoms with van der Waals surface area (Å²) < 4.78 is 5.90. The maximum absolute atomic E-state index is 6.10. The minimum atomic E-state index is 0.323. The van der Waals surface area contributed by atoms with Crippen molar-refractivity contribution in [2.75, 3.05) is 6.54 Å². The van der Waals surface area contributed by atoms with E-state index in [0.29, 0.717) is 17.2 Å². The van der Waals surface area contributed by atoms with Crippen molar-refractivity contribution in [3.8, 4) is 5.75 Å². The van der Waals surface area contributed by atoms with Crippen LogP contribution in [0.4, 0.5) is 0 Å². The monoisotopic (exact) mass is 253 g/mol. The topological polar surface area (TPSA) is 21.3 Å². The molecule has 0 aromatic heterocycles. The van der Waals surface area contributed by atoms with E-state index in [9.17, 15) is 0 Å². The minimum Gasteiger partial charge on any atom is -0.489 e. The Morgan fingerprint density at radius 3 is 2.88 bits per heavy atom. The van der Waals surface area contributed by atoms with Gasteiger partial charge in [-0.25, -0.2) is 0 Å². The van der Waals surface area contributed by atoms with Crippen LogP contribution in [-0.4, -0.2) is 18.7 Å². The number of rotatable bonds is 5. The van der Waals surface area contributed by atoms with Crippen molar-refractivity contribution < 1.29 is 4.74 Å². The zero-order valence-corrected chi connectivity index (χ0v) is 11.3. The average Bonchev–Trinajstić information content (AvgIpc) is 2.26. The van der Waals surface area contributed by atoms with E-state index in [1.165, 1.54) is 12.0 Å². The number of aryl methyl sites for hydroxylation is 1. The van der Waals surface area contributed by atoms with Gasteiger partial charge in [0.25, 0.3) is 0 Å². The van der Waals surface area contributed by atoms with Gasteiger partial charge in [-0.2, -0.15) is 0 Å². The SMILES string of the molecule is CCCNC1CC(Oc2cc(C)ccc2Cl)C1. The first-order valence-electron chi connectivity index (χ1n) is 6.35. The van der Waals surface area contributed by atoms with Crippen LogP contribution in [0.3, 0.4) is 0 Å². The fourth-order valence-electron chi connectivity index (χ4n) is 2.06. The summed E-state index contributed by atoms with van der Waals surface area (Å²) in [6, 6.07) is 6.54. The Balaban J connectivity index is 1.81. The number of nitrogens with one attached hydrogen (secondary N) is 1. The second-order valence-electron chi connectivity index (χ2n) is 4.80. The van der Waals surface area contributed by atoms with Crippen molar-refractivity contribution in [1.82, 2.24) is 5.32 Å². The van der Waals surface area contributed by atoms with Gasteiger partial charge in [0.2, 0.25) is 0 Å². The van der Waals surface area contributed by atoms with Crippen molar-refractivity contribution in [1.29, 1.82) is 0 Å². The first kappa shape index (κ1) is 12.7. The van der Waals surface area contributed by atoms with Gasteiger partial charge in [-0.05, 0) is 50.4 Å². The summed E-state index contributed by atoms with van der Waals surface area (Å²) in [5.74, 6) is 0.825. The highest BCUT2D eigenvalue weighted by molar-refractivity contribution is 6.32. The fraction of sp³-hybridized carbons (Fsp3) is 0.571. The molecule has 0 saturated heterocycles. The molecule has 1 saturated carbocycles. The molecule has 0 atom stereocenters. The van der Waals surface area contributed by atoms with Crippen molar-refractivity contribution in [2.45, 2.75) is 45.3 Å². The van der Waals surface area contributed by atoms with Crippen molar-refractivity contribution >= 4 is 11.6 Å². The van der Waals surface area contributed by atoms with Gasteiger partial charge in [0.1, 0.15) is 11.9 Å². The molecule has 0 aliphatic heterocycles. The second kappa shape index (κ2) is 5.74. The smallest absolute Gasteiger partial charge is 0.138 e. The molecule has 1 aromatic rings. The minimum absolute atomic E-state index is 0.323. The zero-order valence-electron chi connectivity index (χ0n) is 10.5. The quantitative estimate of drug-likeness (QED) is 0.867. The molecule has 2 nitrogen and oxygen atoms in total. The Morgan fingerprint density at radius 2 is 2.18 bits per heavy atom. The van der Waals surface area contributed by atoms with Crippen molar-refractivity contribution in [3.05, 3.63) is 28.8 Å². The number of ether oxygens (including phenoxy) is 1. The van der Waals surface area contributed by atoms with Crippen LogP contribution in [-0.2, 0) is 0 Å². The highest BCUT2D eigenvalue weighted by Crippen LogP contribution is 2.31. The van der Waals surface area contributed by atoms with Gasteiger partial charge in [0.05, 0.1) is 5.02 Å². The molecule has 1 N–H and O–H groups in total. The molecule has 1 aliphatic carbocycles. The van der Waals surface area contributed by atoms with E-state index >= 15 is 0 Å². The summed E-state index contributed by atoms with van der Waals surface area (Å²) in [5, 5.41) is 4.21. The first-order chi connectivity index (χ1) is 8.19. The molecule has 0 radical (unpaired) electrons. The molecule has 94 valence electrons. The normalized spacial score (nSPS) is 23.2. The van der Waals surface area contributed by atoms with Gasteiger partial charge in [-0.15, -0.1) is 0 Å². The lowest BCUT2D eigenvalue weighted by molar-refractivity contribution is 0.0853. The van der Waals surface area contributed by atoms with Gasteiger partial charge in [-0.1, -0.05) is 24.6 Å². The lowest BCUT2D eigenvalue weighted by Gasteiger charge is -2.36. The molecule has 0 unspecified atom stereocenters. The van der Waals surface area contributed by atoms with Crippen molar-refractivity contribution in [3.63, 3.8) is 0 Å². The van der Waals surface area contributed by atoms with Gasteiger partial charge in [0.15, 0.2) is 0 Å². The second-order valence-corrected chi connectivity index (χ2v) is 5.20. The van der Waals surface area contributed by atoms with Crippen LogP contribution in [0.1, 0.15) is 31.7 Å². The van der Waals surface area contributed by atoms with Crippen LogP contribution in [0.15, 0.2) is 18.2 Å². The number of hydrogen-bond acceptors (Lipinski definition) is 2. The van der Waals surface area contributed by atoms with Gasteiger partial charge >= 0.3 is 0 Å². The molecule has 1 fully saturated rings. The zero-order chi connectivity index (χ0) is 12.3. The van der Waals surface area contributed by atoms with E-state index in [-0.39, 0.29) is 0 Å². The van der Waals surface area contributed by atoms with Crippen LogP contribution in [0.2, 0.25) is 5.02 Å². The van der Waals surface area contributed by atoms with E-state index in [1.807, 2.05) is 18.2 Å². The maximum atomic E-state index is 6.10. The third-order valence-corrected chi connectivity index (χ3v) is 3.47. The lowest BCUT2D eigenvalue weighted by atomic mass is 9.89. The molecule has 0 heterocycles. The molecule has 2 rings (SSSR count). The molecular formula is C14H20ClNO. The number of halogens is 1. The van der Waals surface area contributed by atoms with Gasteiger partial charge < -0.3 is 10.1 Å². The Morgan fingerprint density at radius 1 is 1.41 bits per heavy atom. The summed E-state index contributed by atoms with van der Waals surface area (Å²) in [7, 11) is 0. The van der Waals surface area contributed by atoms with Crippen LogP contribution in [0.25, 0.3) is 0 Å². The third kappa shape index (κ3) is 3.36.